The van der Waals surface area contributed by atoms with Crippen LogP contribution in [-0.4, -0.2) is 28.1 Å². The zero-order valence-electron chi connectivity index (χ0n) is 11.0. The van der Waals surface area contributed by atoms with Gasteiger partial charge in [0.2, 0.25) is 0 Å². The molecule has 3 rings (SSSR count). The highest BCUT2D eigenvalue weighted by Crippen LogP contribution is 2.24. The molecule has 0 saturated carbocycles. The van der Waals surface area contributed by atoms with E-state index < -0.39 is 0 Å². The van der Waals surface area contributed by atoms with Gasteiger partial charge in [0, 0.05) is 24.8 Å². The second kappa shape index (κ2) is 4.90. The van der Waals surface area contributed by atoms with E-state index in [9.17, 15) is 9.59 Å². The van der Waals surface area contributed by atoms with E-state index in [2.05, 4.69) is 27.5 Å². The van der Waals surface area contributed by atoms with Crippen LogP contribution in [0.5, 0.6) is 0 Å². The van der Waals surface area contributed by atoms with Gasteiger partial charge >= 0.3 is 0 Å². The number of benzene rings is 1. The molecule has 0 aliphatic carbocycles. The van der Waals surface area contributed by atoms with Gasteiger partial charge in [-0.15, -0.1) is 0 Å². The van der Waals surface area contributed by atoms with Crippen molar-refractivity contribution in [2.45, 2.75) is 13.1 Å². The third-order valence-corrected chi connectivity index (χ3v) is 3.26. The highest BCUT2D eigenvalue weighted by atomic mass is 16.2. The monoisotopic (exact) mass is 270 g/mol. The fraction of sp³-hybridized carbons (Fsp3) is 0.214. The topological polar surface area (TPSA) is 78.1 Å². The van der Waals surface area contributed by atoms with Crippen LogP contribution in [0.25, 0.3) is 0 Å². The molecular formula is C14H14N4O2. The Bertz CT molecular complexity index is 703. The van der Waals surface area contributed by atoms with Gasteiger partial charge in [0.05, 0.1) is 0 Å². The normalized spacial score (nSPS) is 14.1. The lowest BCUT2D eigenvalue weighted by atomic mass is 10.1. The van der Waals surface area contributed by atoms with Crippen molar-refractivity contribution in [3.63, 3.8) is 0 Å². The molecule has 6 heteroatoms. The standard InChI is InChI=1S/C14H14N4O2/c1-18-7-9-2-3-11(6-10(9)8-18)15-14(20)12-4-5-13(19)17-16-12/h2-6H,7-8H2,1H3,(H,15,20)(H,17,19). The number of nitrogens with one attached hydrogen (secondary N) is 2. The largest absolute Gasteiger partial charge is 0.321 e. The summed E-state index contributed by atoms with van der Waals surface area (Å²) in [4.78, 5) is 25.1. The molecule has 2 N–H and O–H groups in total. The van der Waals surface area contributed by atoms with Crippen LogP contribution in [0.1, 0.15) is 21.6 Å². The number of fused-ring (bicyclic) bond motifs is 1. The van der Waals surface area contributed by atoms with Crippen LogP contribution in [0.3, 0.4) is 0 Å². The zero-order valence-corrected chi connectivity index (χ0v) is 11.0. The summed E-state index contributed by atoms with van der Waals surface area (Å²) in [7, 11) is 2.06. The predicted molar refractivity (Wildman–Crippen MR) is 74.4 cm³/mol. The van der Waals surface area contributed by atoms with Gasteiger partial charge < -0.3 is 5.32 Å². The Morgan fingerprint density at radius 3 is 2.80 bits per heavy atom. The molecule has 2 aromatic rings. The minimum Gasteiger partial charge on any atom is -0.321 e. The molecule has 6 nitrogen and oxygen atoms in total. The van der Waals surface area contributed by atoms with E-state index >= 15 is 0 Å². The Morgan fingerprint density at radius 1 is 1.25 bits per heavy atom. The molecule has 0 fully saturated rings. The first-order chi connectivity index (χ1) is 9.61. The van der Waals surface area contributed by atoms with Crippen LogP contribution >= 0.6 is 0 Å². The second-order valence-electron chi connectivity index (χ2n) is 4.92. The Kier molecular flexibility index (Phi) is 3.08. The van der Waals surface area contributed by atoms with Gasteiger partial charge in [-0.05, 0) is 36.4 Å². The van der Waals surface area contributed by atoms with Crippen molar-refractivity contribution in [3.8, 4) is 0 Å². The quantitative estimate of drug-likeness (QED) is 0.852. The number of hydrogen-bond donors (Lipinski definition) is 2. The second-order valence-corrected chi connectivity index (χ2v) is 4.92. The molecule has 0 radical (unpaired) electrons. The molecule has 1 aliphatic rings. The highest BCUT2D eigenvalue weighted by Gasteiger charge is 2.16. The Morgan fingerprint density at radius 2 is 2.05 bits per heavy atom. The summed E-state index contributed by atoms with van der Waals surface area (Å²) >= 11 is 0. The van der Waals surface area contributed by atoms with Crippen molar-refractivity contribution in [2.75, 3.05) is 12.4 Å². The van der Waals surface area contributed by atoms with E-state index in [4.69, 9.17) is 0 Å². The molecule has 20 heavy (non-hydrogen) atoms. The molecule has 0 atom stereocenters. The van der Waals surface area contributed by atoms with Crippen molar-refractivity contribution in [2.24, 2.45) is 0 Å². The summed E-state index contributed by atoms with van der Waals surface area (Å²) < 4.78 is 0. The minimum absolute atomic E-state index is 0.183. The van der Waals surface area contributed by atoms with Gasteiger partial charge in [0.15, 0.2) is 0 Å². The number of anilines is 1. The molecule has 102 valence electrons. The molecule has 1 amide bonds. The van der Waals surface area contributed by atoms with Crippen LogP contribution in [0.15, 0.2) is 35.1 Å². The SMILES string of the molecule is CN1Cc2ccc(NC(=O)c3ccc(=O)[nH]n3)cc2C1. The van der Waals surface area contributed by atoms with Crippen molar-refractivity contribution in [1.82, 2.24) is 15.1 Å². The van der Waals surface area contributed by atoms with Gasteiger partial charge in [-0.1, -0.05) is 6.07 Å². The molecule has 0 saturated heterocycles. The van der Waals surface area contributed by atoms with Crippen molar-refractivity contribution < 1.29 is 4.79 Å². The lowest BCUT2D eigenvalue weighted by Crippen LogP contribution is -2.17. The number of hydrogen-bond acceptors (Lipinski definition) is 4. The Balaban J connectivity index is 1.78. The predicted octanol–water partition coefficient (Wildman–Crippen LogP) is 0.968. The molecule has 0 bridgehead atoms. The van der Waals surface area contributed by atoms with Crippen LogP contribution in [0.4, 0.5) is 5.69 Å². The lowest BCUT2D eigenvalue weighted by Gasteiger charge is -2.06. The van der Waals surface area contributed by atoms with E-state index in [-0.39, 0.29) is 17.2 Å². The molecule has 2 heterocycles. The number of nitrogens with zero attached hydrogens (tertiary/aromatic N) is 2. The average molecular weight is 270 g/mol. The minimum atomic E-state index is -0.340. The number of H-pyrrole nitrogens is 1. The fourth-order valence-electron chi connectivity index (χ4n) is 2.31. The van der Waals surface area contributed by atoms with Gasteiger partial charge in [-0.2, -0.15) is 5.10 Å². The van der Waals surface area contributed by atoms with Gasteiger partial charge in [0.25, 0.3) is 11.5 Å². The fourth-order valence-corrected chi connectivity index (χ4v) is 2.31. The number of aromatic amines is 1. The van der Waals surface area contributed by atoms with Crippen molar-refractivity contribution in [3.05, 3.63) is 57.5 Å². The zero-order chi connectivity index (χ0) is 14.1. The van der Waals surface area contributed by atoms with Gasteiger partial charge in [-0.25, -0.2) is 5.10 Å². The van der Waals surface area contributed by atoms with Crippen LogP contribution in [0, 0.1) is 0 Å². The lowest BCUT2D eigenvalue weighted by molar-refractivity contribution is 0.102. The molecular weight excluding hydrogens is 256 g/mol. The third kappa shape index (κ3) is 2.46. The number of rotatable bonds is 2. The molecule has 1 aromatic heterocycles. The molecule has 1 aliphatic heterocycles. The Labute approximate surface area is 115 Å². The summed E-state index contributed by atoms with van der Waals surface area (Å²) in [6.45, 7) is 1.82. The van der Waals surface area contributed by atoms with Crippen molar-refractivity contribution >= 4 is 11.6 Å². The summed E-state index contributed by atoms with van der Waals surface area (Å²) in [5, 5.41) is 8.72. The number of carbonyl (C=O) groups is 1. The summed E-state index contributed by atoms with van der Waals surface area (Å²) in [6, 6.07) is 8.55. The molecule has 0 spiro atoms. The molecule has 0 unspecified atom stereocenters. The van der Waals surface area contributed by atoms with E-state index in [0.29, 0.717) is 0 Å². The van der Waals surface area contributed by atoms with Gasteiger partial charge in [-0.3, -0.25) is 14.5 Å². The highest BCUT2D eigenvalue weighted by molar-refractivity contribution is 6.02. The van der Waals surface area contributed by atoms with E-state index in [0.717, 1.165) is 18.8 Å². The van der Waals surface area contributed by atoms with Crippen LogP contribution in [0.2, 0.25) is 0 Å². The van der Waals surface area contributed by atoms with E-state index in [1.54, 1.807) is 0 Å². The maximum atomic E-state index is 12.0. The van der Waals surface area contributed by atoms with E-state index in [1.807, 2.05) is 18.2 Å². The van der Waals surface area contributed by atoms with Gasteiger partial charge in [0.1, 0.15) is 5.69 Å². The van der Waals surface area contributed by atoms with Crippen LogP contribution < -0.4 is 10.9 Å². The number of aromatic nitrogens is 2. The maximum absolute atomic E-state index is 12.0. The average Bonchev–Trinajstić information content (AvgIpc) is 2.78. The molecule has 1 aromatic carbocycles. The number of carbonyl (C=O) groups excluding carboxylic acids is 1. The summed E-state index contributed by atoms with van der Waals surface area (Å²) in [6.07, 6.45) is 0. The first-order valence-corrected chi connectivity index (χ1v) is 6.29. The van der Waals surface area contributed by atoms with E-state index in [1.165, 1.54) is 23.3 Å². The summed E-state index contributed by atoms with van der Waals surface area (Å²) in [5.41, 5.74) is 3.09. The first kappa shape index (κ1) is 12.6. The van der Waals surface area contributed by atoms with Crippen molar-refractivity contribution in [1.29, 1.82) is 0 Å². The maximum Gasteiger partial charge on any atom is 0.276 e. The summed E-state index contributed by atoms with van der Waals surface area (Å²) in [5.74, 6) is -0.340. The Hall–Kier alpha value is -2.47. The first-order valence-electron chi connectivity index (χ1n) is 6.29. The smallest absolute Gasteiger partial charge is 0.276 e. The number of amides is 1. The van der Waals surface area contributed by atoms with Crippen LogP contribution in [-0.2, 0) is 13.1 Å². The third-order valence-electron chi connectivity index (χ3n) is 3.26.